The maximum atomic E-state index is 4.35. The van der Waals surface area contributed by atoms with Crippen molar-refractivity contribution >= 4 is 5.69 Å². The van der Waals surface area contributed by atoms with Crippen LogP contribution < -0.4 is 5.32 Å². The van der Waals surface area contributed by atoms with E-state index in [1.165, 1.54) is 11.3 Å². The molecule has 94 valence electrons. The van der Waals surface area contributed by atoms with E-state index in [1.807, 2.05) is 6.92 Å². The number of aryl methyl sites for hydroxylation is 1. The largest absolute Gasteiger partial charge is 0.375 e. The van der Waals surface area contributed by atoms with Gasteiger partial charge in [-0.15, -0.1) is 10.2 Å². The maximum absolute atomic E-state index is 4.35. The first-order chi connectivity index (χ1) is 8.79. The zero-order valence-electron chi connectivity index (χ0n) is 10.8. The molecule has 0 unspecified atom stereocenters. The second kappa shape index (κ2) is 4.44. The van der Waals surface area contributed by atoms with Gasteiger partial charge in [-0.3, -0.25) is 0 Å². The number of nitrogens with zero attached hydrogens (tertiary/aromatic N) is 3. The molecule has 1 aromatic carbocycles. The van der Waals surface area contributed by atoms with Crippen molar-refractivity contribution < 1.29 is 0 Å². The number of para-hydroxylation sites is 1. The van der Waals surface area contributed by atoms with Gasteiger partial charge in [-0.1, -0.05) is 25.1 Å². The summed E-state index contributed by atoms with van der Waals surface area (Å²) in [5.74, 6) is 2.06. The molecule has 1 aromatic heterocycles. The zero-order valence-corrected chi connectivity index (χ0v) is 10.8. The first-order valence-electron chi connectivity index (χ1n) is 6.53. The van der Waals surface area contributed by atoms with Crippen LogP contribution in [0.2, 0.25) is 0 Å². The third-order valence-electron chi connectivity index (χ3n) is 3.49. The van der Waals surface area contributed by atoms with Crippen molar-refractivity contribution in [2.45, 2.75) is 39.3 Å². The minimum absolute atomic E-state index is 0.259. The highest BCUT2D eigenvalue weighted by Gasteiger charge is 2.26. The van der Waals surface area contributed by atoms with Gasteiger partial charge in [-0.2, -0.15) is 0 Å². The summed E-state index contributed by atoms with van der Waals surface area (Å²) in [6.45, 7) is 5.19. The molecule has 0 aliphatic carbocycles. The molecule has 0 fully saturated rings. The normalized spacial score (nSPS) is 17.6. The van der Waals surface area contributed by atoms with Gasteiger partial charge in [0, 0.05) is 18.7 Å². The Hall–Kier alpha value is -1.84. The number of aromatic nitrogens is 3. The fourth-order valence-electron chi connectivity index (χ4n) is 2.61. The third-order valence-corrected chi connectivity index (χ3v) is 3.49. The van der Waals surface area contributed by atoms with E-state index in [4.69, 9.17) is 0 Å². The molecule has 2 aromatic rings. The van der Waals surface area contributed by atoms with Gasteiger partial charge in [-0.25, -0.2) is 0 Å². The van der Waals surface area contributed by atoms with E-state index in [1.54, 1.807) is 0 Å². The Balaban J connectivity index is 1.90. The molecule has 4 nitrogen and oxygen atoms in total. The number of benzene rings is 1. The lowest BCUT2D eigenvalue weighted by Crippen LogP contribution is -2.14. The molecule has 1 atom stereocenters. The van der Waals surface area contributed by atoms with Crippen LogP contribution >= 0.6 is 0 Å². The van der Waals surface area contributed by atoms with E-state index in [-0.39, 0.29) is 6.04 Å². The van der Waals surface area contributed by atoms with E-state index < -0.39 is 0 Å². The summed E-state index contributed by atoms with van der Waals surface area (Å²) in [5, 5.41) is 12.1. The summed E-state index contributed by atoms with van der Waals surface area (Å²) in [7, 11) is 0. The average Bonchev–Trinajstić information content (AvgIpc) is 2.94. The molecule has 3 rings (SSSR count). The van der Waals surface area contributed by atoms with Crippen LogP contribution in [-0.4, -0.2) is 14.8 Å². The molecule has 1 aliphatic rings. The number of fused-ring (bicyclic) bond motifs is 1. The molecule has 0 amide bonds. The topological polar surface area (TPSA) is 42.7 Å². The molecule has 1 aliphatic heterocycles. The minimum Gasteiger partial charge on any atom is -0.375 e. The van der Waals surface area contributed by atoms with Crippen molar-refractivity contribution in [1.82, 2.24) is 14.8 Å². The van der Waals surface area contributed by atoms with Gasteiger partial charge in [-0.05, 0) is 25.0 Å². The van der Waals surface area contributed by atoms with Gasteiger partial charge in [0.1, 0.15) is 5.82 Å². The molecule has 0 spiro atoms. The van der Waals surface area contributed by atoms with Gasteiger partial charge < -0.3 is 9.88 Å². The monoisotopic (exact) mass is 242 g/mol. The summed E-state index contributed by atoms with van der Waals surface area (Å²) >= 11 is 0. The Morgan fingerprint density at radius 2 is 2.17 bits per heavy atom. The standard InChI is InChI=1S/C14H18N4/c1-3-8-18-10(2)16-17-14(18)13-9-11-6-4-5-7-12(11)15-13/h4-7,13,15H,3,8-9H2,1-2H3/t13-/m0/s1. The molecule has 0 radical (unpaired) electrons. The van der Waals surface area contributed by atoms with Gasteiger partial charge in [0.05, 0.1) is 6.04 Å². The fourth-order valence-corrected chi connectivity index (χ4v) is 2.61. The summed E-state index contributed by atoms with van der Waals surface area (Å²) in [6.07, 6.45) is 2.10. The lowest BCUT2D eigenvalue weighted by molar-refractivity contribution is 0.593. The van der Waals surface area contributed by atoms with Crippen LogP contribution in [0.25, 0.3) is 0 Å². The van der Waals surface area contributed by atoms with E-state index in [2.05, 4.69) is 51.3 Å². The molecule has 1 N–H and O–H groups in total. The Kier molecular flexibility index (Phi) is 2.78. The lowest BCUT2D eigenvalue weighted by Gasteiger charge is -2.13. The zero-order chi connectivity index (χ0) is 12.5. The van der Waals surface area contributed by atoms with Crippen LogP contribution in [0.1, 0.15) is 36.6 Å². The Morgan fingerprint density at radius 1 is 1.33 bits per heavy atom. The van der Waals surface area contributed by atoms with Crippen LogP contribution in [0.4, 0.5) is 5.69 Å². The SMILES string of the molecule is CCCn1c(C)nnc1[C@@H]1Cc2ccccc2N1. The summed E-state index contributed by atoms with van der Waals surface area (Å²) < 4.78 is 2.23. The molecule has 4 heteroatoms. The van der Waals surface area contributed by atoms with Crippen LogP contribution in [0.15, 0.2) is 24.3 Å². The van der Waals surface area contributed by atoms with Gasteiger partial charge >= 0.3 is 0 Å². The first kappa shape index (κ1) is 11.3. The third kappa shape index (κ3) is 1.78. The van der Waals surface area contributed by atoms with E-state index >= 15 is 0 Å². The number of nitrogens with one attached hydrogen (secondary N) is 1. The Labute approximate surface area is 107 Å². The molecule has 0 saturated heterocycles. The first-order valence-corrected chi connectivity index (χ1v) is 6.53. The minimum atomic E-state index is 0.259. The number of anilines is 1. The second-order valence-corrected chi connectivity index (χ2v) is 4.82. The quantitative estimate of drug-likeness (QED) is 0.900. The van der Waals surface area contributed by atoms with Crippen molar-refractivity contribution in [2.75, 3.05) is 5.32 Å². The van der Waals surface area contributed by atoms with Crippen molar-refractivity contribution in [3.05, 3.63) is 41.5 Å². The molecule has 0 bridgehead atoms. The lowest BCUT2D eigenvalue weighted by atomic mass is 10.1. The van der Waals surface area contributed by atoms with E-state index in [0.717, 1.165) is 31.0 Å². The van der Waals surface area contributed by atoms with Gasteiger partial charge in [0.2, 0.25) is 0 Å². The van der Waals surface area contributed by atoms with Gasteiger partial charge in [0.15, 0.2) is 5.82 Å². The highest BCUT2D eigenvalue weighted by molar-refractivity contribution is 5.57. The van der Waals surface area contributed by atoms with Crippen molar-refractivity contribution in [2.24, 2.45) is 0 Å². The van der Waals surface area contributed by atoms with E-state index in [0.29, 0.717) is 0 Å². The molecular weight excluding hydrogens is 224 g/mol. The molecular formula is C14H18N4. The van der Waals surface area contributed by atoms with Crippen molar-refractivity contribution in [3.8, 4) is 0 Å². The highest BCUT2D eigenvalue weighted by atomic mass is 15.3. The predicted octanol–water partition coefficient (Wildman–Crippen LogP) is 2.71. The Bertz CT molecular complexity index is 534. The fraction of sp³-hybridized carbons (Fsp3) is 0.429. The van der Waals surface area contributed by atoms with Crippen LogP contribution in [0.3, 0.4) is 0 Å². The van der Waals surface area contributed by atoms with E-state index in [9.17, 15) is 0 Å². The Morgan fingerprint density at radius 3 is 2.94 bits per heavy atom. The number of hydrogen-bond acceptors (Lipinski definition) is 3. The predicted molar refractivity (Wildman–Crippen MR) is 71.6 cm³/mol. The van der Waals surface area contributed by atoms with Crippen LogP contribution in [0.5, 0.6) is 0 Å². The van der Waals surface area contributed by atoms with Crippen LogP contribution in [-0.2, 0) is 13.0 Å². The molecule has 0 saturated carbocycles. The number of hydrogen-bond donors (Lipinski definition) is 1. The van der Waals surface area contributed by atoms with Gasteiger partial charge in [0.25, 0.3) is 0 Å². The molecule has 18 heavy (non-hydrogen) atoms. The summed E-state index contributed by atoms with van der Waals surface area (Å²) in [4.78, 5) is 0. The highest BCUT2D eigenvalue weighted by Crippen LogP contribution is 2.33. The second-order valence-electron chi connectivity index (χ2n) is 4.82. The van der Waals surface area contributed by atoms with Crippen molar-refractivity contribution in [3.63, 3.8) is 0 Å². The average molecular weight is 242 g/mol. The van der Waals surface area contributed by atoms with Crippen molar-refractivity contribution in [1.29, 1.82) is 0 Å². The summed E-state index contributed by atoms with van der Waals surface area (Å²) in [6, 6.07) is 8.72. The smallest absolute Gasteiger partial charge is 0.155 e. The summed E-state index contributed by atoms with van der Waals surface area (Å²) in [5.41, 5.74) is 2.59. The molecule has 2 heterocycles. The number of rotatable bonds is 3. The maximum Gasteiger partial charge on any atom is 0.155 e. The van der Waals surface area contributed by atoms with Crippen LogP contribution in [0, 0.1) is 6.92 Å².